The topological polar surface area (TPSA) is 81.9 Å². The van der Waals surface area contributed by atoms with Gasteiger partial charge in [0.05, 0.1) is 13.2 Å². The molecule has 1 unspecified atom stereocenters. The molecule has 0 spiro atoms. The van der Waals surface area contributed by atoms with E-state index in [2.05, 4.69) is 6.92 Å². The molecule has 1 aliphatic heterocycles. The summed E-state index contributed by atoms with van der Waals surface area (Å²) in [4.78, 5) is 25.5. The number of primary amides is 1. The summed E-state index contributed by atoms with van der Waals surface area (Å²) in [7, 11) is 1.37. The second-order valence-electron chi connectivity index (χ2n) is 6.72. The molecule has 2 aromatic rings. The lowest BCUT2D eigenvalue weighted by Gasteiger charge is -2.27. The zero-order valence-electron chi connectivity index (χ0n) is 15.5. The second-order valence-corrected chi connectivity index (χ2v) is 6.72. The van der Waals surface area contributed by atoms with Crippen LogP contribution in [0.5, 0.6) is 0 Å². The molecule has 6 nitrogen and oxygen atoms in total. The third-order valence-electron chi connectivity index (χ3n) is 4.88. The molecular formula is C21H24N2O4. The Kier molecular flexibility index (Phi) is 5.88. The SMILES string of the molecule is COC(=O)C1O[C@H](c2ccccc2)CN1[C@@H](C)Cc1ccc(C(N)=O)cc1. The normalized spacial score (nSPS) is 21.0. The van der Waals surface area contributed by atoms with Gasteiger partial charge in [-0.15, -0.1) is 0 Å². The van der Waals surface area contributed by atoms with Crippen LogP contribution in [0.15, 0.2) is 54.6 Å². The van der Waals surface area contributed by atoms with Crippen molar-refractivity contribution in [1.82, 2.24) is 4.90 Å². The predicted octanol–water partition coefficient (Wildman–Crippen LogP) is 2.29. The van der Waals surface area contributed by atoms with Crippen LogP contribution in [0.4, 0.5) is 0 Å². The molecule has 1 aliphatic rings. The van der Waals surface area contributed by atoms with Gasteiger partial charge in [0, 0.05) is 18.2 Å². The van der Waals surface area contributed by atoms with E-state index in [9.17, 15) is 9.59 Å². The Balaban J connectivity index is 1.75. The minimum Gasteiger partial charge on any atom is -0.466 e. The Morgan fingerprint density at radius 3 is 2.44 bits per heavy atom. The minimum absolute atomic E-state index is 0.0437. The lowest BCUT2D eigenvalue weighted by atomic mass is 10.0. The molecule has 2 aromatic carbocycles. The highest BCUT2D eigenvalue weighted by Crippen LogP contribution is 2.31. The maximum atomic E-state index is 12.2. The highest BCUT2D eigenvalue weighted by atomic mass is 16.6. The van der Waals surface area contributed by atoms with Crippen LogP contribution in [0.1, 0.15) is 34.5 Å². The van der Waals surface area contributed by atoms with Gasteiger partial charge in [-0.3, -0.25) is 9.69 Å². The van der Waals surface area contributed by atoms with Crippen LogP contribution >= 0.6 is 0 Å². The van der Waals surface area contributed by atoms with Crippen LogP contribution < -0.4 is 5.73 Å². The Bertz CT molecular complexity index is 792. The van der Waals surface area contributed by atoms with Gasteiger partial charge in [0.1, 0.15) is 0 Å². The van der Waals surface area contributed by atoms with E-state index in [1.165, 1.54) is 7.11 Å². The second kappa shape index (κ2) is 8.33. The monoisotopic (exact) mass is 368 g/mol. The van der Waals surface area contributed by atoms with E-state index in [0.29, 0.717) is 18.5 Å². The van der Waals surface area contributed by atoms with Crippen LogP contribution in [0.2, 0.25) is 0 Å². The minimum atomic E-state index is -0.736. The van der Waals surface area contributed by atoms with Crippen LogP contribution in [-0.2, 0) is 20.7 Å². The summed E-state index contributed by atoms with van der Waals surface area (Å²) in [5, 5.41) is 0. The third kappa shape index (κ3) is 4.35. The number of ether oxygens (including phenoxy) is 2. The number of rotatable bonds is 6. The van der Waals surface area contributed by atoms with Crippen molar-refractivity contribution in [2.24, 2.45) is 5.73 Å². The molecule has 0 radical (unpaired) electrons. The van der Waals surface area contributed by atoms with E-state index in [1.807, 2.05) is 47.4 Å². The van der Waals surface area contributed by atoms with E-state index in [-0.39, 0.29) is 12.1 Å². The summed E-state index contributed by atoms with van der Waals surface area (Å²) < 4.78 is 10.9. The molecule has 6 heteroatoms. The Morgan fingerprint density at radius 1 is 1.19 bits per heavy atom. The van der Waals surface area contributed by atoms with Crippen molar-refractivity contribution in [1.29, 1.82) is 0 Å². The lowest BCUT2D eigenvalue weighted by molar-refractivity contribution is -0.162. The maximum Gasteiger partial charge on any atom is 0.350 e. The van der Waals surface area contributed by atoms with E-state index >= 15 is 0 Å². The fourth-order valence-corrected chi connectivity index (χ4v) is 3.38. The van der Waals surface area contributed by atoms with Gasteiger partial charge in [-0.2, -0.15) is 0 Å². The highest BCUT2D eigenvalue weighted by molar-refractivity contribution is 5.92. The molecule has 0 aromatic heterocycles. The zero-order chi connectivity index (χ0) is 19.4. The van der Waals surface area contributed by atoms with Crippen molar-refractivity contribution in [3.8, 4) is 0 Å². The van der Waals surface area contributed by atoms with Crippen LogP contribution in [0, 0.1) is 0 Å². The van der Waals surface area contributed by atoms with Gasteiger partial charge < -0.3 is 15.2 Å². The van der Waals surface area contributed by atoms with Gasteiger partial charge in [0.25, 0.3) is 0 Å². The fourth-order valence-electron chi connectivity index (χ4n) is 3.38. The number of carbonyl (C=O) groups is 2. The van der Waals surface area contributed by atoms with Crippen molar-refractivity contribution >= 4 is 11.9 Å². The summed E-state index contributed by atoms with van der Waals surface area (Å²) in [5.41, 5.74) is 7.86. The predicted molar refractivity (Wildman–Crippen MR) is 101 cm³/mol. The van der Waals surface area contributed by atoms with Crippen molar-refractivity contribution < 1.29 is 19.1 Å². The Morgan fingerprint density at radius 2 is 1.85 bits per heavy atom. The number of methoxy groups -OCH3 is 1. The van der Waals surface area contributed by atoms with Gasteiger partial charge in [-0.05, 0) is 36.6 Å². The number of carbonyl (C=O) groups excluding carboxylic acids is 2. The first-order chi connectivity index (χ1) is 13.0. The first kappa shape index (κ1) is 19.1. The Hall–Kier alpha value is -2.70. The fraction of sp³-hybridized carbons (Fsp3) is 0.333. The largest absolute Gasteiger partial charge is 0.466 e. The van der Waals surface area contributed by atoms with E-state index in [1.54, 1.807) is 12.1 Å². The maximum absolute atomic E-state index is 12.2. The van der Waals surface area contributed by atoms with Gasteiger partial charge >= 0.3 is 5.97 Å². The quantitative estimate of drug-likeness (QED) is 0.791. The molecular weight excluding hydrogens is 344 g/mol. The number of benzene rings is 2. The number of nitrogens with zero attached hydrogens (tertiary/aromatic N) is 1. The van der Waals surface area contributed by atoms with Crippen LogP contribution in [0.3, 0.4) is 0 Å². The van der Waals surface area contributed by atoms with Gasteiger partial charge in [-0.25, -0.2) is 4.79 Å². The lowest BCUT2D eigenvalue weighted by Crippen LogP contribution is -2.44. The van der Waals surface area contributed by atoms with Crippen molar-refractivity contribution in [3.05, 3.63) is 71.3 Å². The number of esters is 1. The molecule has 0 bridgehead atoms. The molecule has 0 aliphatic carbocycles. The molecule has 1 heterocycles. The van der Waals surface area contributed by atoms with Gasteiger partial charge in [-0.1, -0.05) is 42.5 Å². The van der Waals surface area contributed by atoms with Crippen molar-refractivity contribution in [2.75, 3.05) is 13.7 Å². The first-order valence-corrected chi connectivity index (χ1v) is 8.92. The first-order valence-electron chi connectivity index (χ1n) is 8.92. The smallest absolute Gasteiger partial charge is 0.350 e. The molecule has 2 N–H and O–H groups in total. The number of amides is 1. The standard InChI is InChI=1S/C21H24N2O4/c1-14(12-15-8-10-17(11-9-15)19(22)24)23-13-18(16-6-4-3-5-7-16)27-20(23)21(25)26-2/h3-11,14,18,20H,12-13H2,1-2H3,(H2,22,24)/t14-,18-,20?/m0/s1. The summed E-state index contributed by atoms with van der Waals surface area (Å²) in [5.74, 6) is -0.844. The number of hydrogen-bond acceptors (Lipinski definition) is 5. The molecule has 1 fully saturated rings. The van der Waals surface area contributed by atoms with Crippen LogP contribution in [0.25, 0.3) is 0 Å². The summed E-state index contributed by atoms with van der Waals surface area (Å²) in [6, 6.07) is 17.1. The van der Waals surface area contributed by atoms with Gasteiger partial charge in [0.2, 0.25) is 12.1 Å². The molecule has 142 valence electrons. The highest BCUT2D eigenvalue weighted by Gasteiger charge is 2.41. The average Bonchev–Trinajstić information content (AvgIpc) is 3.14. The molecule has 1 saturated heterocycles. The molecule has 3 atom stereocenters. The Labute approximate surface area is 158 Å². The third-order valence-corrected chi connectivity index (χ3v) is 4.88. The zero-order valence-corrected chi connectivity index (χ0v) is 15.5. The van der Waals surface area contributed by atoms with E-state index in [4.69, 9.17) is 15.2 Å². The van der Waals surface area contributed by atoms with E-state index < -0.39 is 18.1 Å². The van der Waals surface area contributed by atoms with Crippen molar-refractivity contribution in [2.45, 2.75) is 31.7 Å². The van der Waals surface area contributed by atoms with Crippen molar-refractivity contribution in [3.63, 3.8) is 0 Å². The summed E-state index contributed by atoms with van der Waals surface area (Å²) in [6.07, 6.45) is -0.215. The molecule has 0 saturated carbocycles. The van der Waals surface area contributed by atoms with Gasteiger partial charge in [0.15, 0.2) is 0 Å². The molecule has 3 rings (SSSR count). The molecule has 1 amide bonds. The summed E-state index contributed by atoms with van der Waals surface area (Å²) >= 11 is 0. The number of hydrogen-bond donors (Lipinski definition) is 1. The average molecular weight is 368 g/mol. The summed E-state index contributed by atoms with van der Waals surface area (Å²) in [6.45, 7) is 2.65. The number of nitrogens with two attached hydrogens (primary N) is 1. The van der Waals surface area contributed by atoms with E-state index in [0.717, 1.165) is 11.1 Å². The van der Waals surface area contributed by atoms with Crippen LogP contribution in [-0.4, -0.2) is 42.7 Å². The molecule has 27 heavy (non-hydrogen) atoms.